The van der Waals surface area contributed by atoms with E-state index in [2.05, 4.69) is 37.4 Å². The highest BCUT2D eigenvalue weighted by Gasteiger charge is 2.48. The monoisotopic (exact) mass is 346 g/mol. The van der Waals surface area contributed by atoms with Crippen LogP contribution in [0.4, 0.5) is 0 Å². The lowest BCUT2D eigenvalue weighted by Gasteiger charge is -2.42. The zero-order chi connectivity index (χ0) is 16.9. The van der Waals surface area contributed by atoms with Crippen molar-refractivity contribution < 1.29 is 4.21 Å². The van der Waals surface area contributed by atoms with Gasteiger partial charge in [-0.15, -0.1) is 0 Å². The molecule has 4 rings (SSSR count). The summed E-state index contributed by atoms with van der Waals surface area (Å²) in [6, 6.07) is 7.24. The maximum Gasteiger partial charge on any atom is 0.0945 e. The molecule has 1 saturated carbocycles. The van der Waals surface area contributed by atoms with Crippen molar-refractivity contribution >= 4 is 11.0 Å². The van der Waals surface area contributed by atoms with Crippen molar-refractivity contribution in [2.45, 2.75) is 69.0 Å². The summed E-state index contributed by atoms with van der Waals surface area (Å²) >= 11 is 0. The van der Waals surface area contributed by atoms with Gasteiger partial charge in [-0.1, -0.05) is 18.2 Å². The molecule has 3 aliphatic rings. The molecular weight excluding hydrogens is 316 g/mol. The molecule has 24 heavy (non-hydrogen) atoms. The first-order chi connectivity index (χ1) is 11.4. The van der Waals surface area contributed by atoms with E-state index in [9.17, 15) is 4.21 Å². The summed E-state index contributed by atoms with van der Waals surface area (Å²) < 4.78 is 11.8. The fourth-order valence-corrected chi connectivity index (χ4v) is 5.28. The third kappa shape index (κ3) is 2.87. The van der Waals surface area contributed by atoms with E-state index in [1.54, 1.807) is 5.56 Å². The molecule has 3 N–H and O–H groups in total. The smallest absolute Gasteiger partial charge is 0.0945 e. The van der Waals surface area contributed by atoms with Gasteiger partial charge in [0, 0.05) is 0 Å². The van der Waals surface area contributed by atoms with Gasteiger partial charge in [0.05, 0.1) is 15.7 Å². The number of piperidine rings is 1. The summed E-state index contributed by atoms with van der Waals surface area (Å²) in [5.74, 6) is 1.29. The van der Waals surface area contributed by atoms with Crippen molar-refractivity contribution in [2.24, 2.45) is 10.6 Å². The lowest BCUT2D eigenvalue weighted by atomic mass is 9.67. The number of nitrogens with two attached hydrogens (primary N) is 1. The molecule has 2 aliphatic carbocycles. The molecule has 2 atom stereocenters. The van der Waals surface area contributed by atoms with Gasteiger partial charge in [0.25, 0.3) is 0 Å². The van der Waals surface area contributed by atoms with E-state index < -0.39 is 11.0 Å². The number of fused-ring (bicyclic) bond motifs is 1. The first-order valence-electron chi connectivity index (χ1n) is 9.41. The van der Waals surface area contributed by atoms with Crippen LogP contribution in [-0.4, -0.2) is 22.0 Å². The SMILES string of the molecule is CC(C)(C[C@@H]1c2cc(C3CC3)ccc2CC12CCNCC2)S(N)=O. The average molecular weight is 347 g/mol. The number of benzene rings is 1. The molecule has 0 bridgehead atoms. The Bertz CT molecular complexity index is 660. The molecule has 1 saturated heterocycles. The molecule has 1 unspecified atom stereocenters. The molecule has 1 aromatic carbocycles. The van der Waals surface area contributed by atoms with Gasteiger partial charge >= 0.3 is 0 Å². The van der Waals surface area contributed by atoms with E-state index in [1.165, 1.54) is 43.2 Å². The van der Waals surface area contributed by atoms with Gasteiger partial charge < -0.3 is 5.32 Å². The fourth-order valence-electron chi connectivity index (χ4n) is 4.95. The van der Waals surface area contributed by atoms with Crippen LogP contribution in [0.2, 0.25) is 0 Å². The van der Waals surface area contributed by atoms with Crippen LogP contribution in [0.5, 0.6) is 0 Å². The van der Waals surface area contributed by atoms with E-state index in [4.69, 9.17) is 5.14 Å². The van der Waals surface area contributed by atoms with Gasteiger partial charge in [-0.2, -0.15) is 0 Å². The third-order valence-corrected chi connectivity index (χ3v) is 7.97. The van der Waals surface area contributed by atoms with Crippen molar-refractivity contribution in [3.05, 3.63) is 34.9 Å². The predicted octanol–water partition coefficient (Wildman–Crippen LogP) is 3.36. The Morgan fingerprint density at radius 3 is 2.62 bits per heavy atom. The standard InChI is InChI=1S/C20H30N2OS/c1-19(2,24(21)23)13-18-17-11-15(14-3-4-14)5-6-16(17)12-20(18)7-9-22-10-8-20/h5-6,11,14,18,22H,3-4,7-10,12-13,21H2,1-2H3/t18-,24?/m1/s1. The number of hydrogen-bond acceptors (Lipinski definition) is 2. The molecule has 3 nitrogen and oxygen atoms in total. The van der Waals surface area contributed by atoms with Crippen LogP contribution in [0.25, 0.3) is 0 Å². The minimum Gasteiger partial charge on any atom is -0.317 e. The minimum absolute atomic E-state index is 0.334. The summed E-state index contributed by atoms with van der Waals surface area (Å²) in [5.41, 5.74) is 4.94. The van der Waals surface area contributed by atoms with Gasteiger partial charge in [0.15, 0.2) is 0 Å². The summed E-state index contributed by atoms with van der Waals surface area (Å²) in [7, 11) is -1.29. The van der Waals surface area contributed by atoms with E-state index in [0.717, 1.165) is 25.4 Å². The van der Waals surface area contributed by atoms with Crippen LogP contribution >= 0.6 is 0 Å². The van der Waals surface area contributed by atoms with E-state index >= 15 is 0 Å². The molecule has 0 amide bonds. The lowest BCUT2D eigenvalue weighted by Crippen LogP contribution is -2.43. The average Bonchev–Trinajstić information content (AvgIpc) is 3.35. The largest absolute Gasteiger partial charge is 0.317 e. The Hall–Kier alpha value is -0.710. The second kappa shape index (κ2) is 5.93. The normalized spacial score (nSPS) is 27.2. The zero-order valence-electron chi connectivity index (χ0n) is 14.9. The van der Waals surface area contributed by atoms with Crippen molar-refractivity contribution in [3.63, 3.8) is 0 Å². The first kappa shape index (κ1) is 16.7. The Morgan fingerprint density at radius 1 is 1.29 bits per heavy atom. The van der Waals surface area contributed by atoms with Crippen LogP contribution in [-0.2, 0) is 17.4 Å². The summed E-state index contributed by atoms with van der Waals surface area (Å²) in [4.78, 5) is 0. The molecule has 1 spiro atoms. The maximum absolute atomic E-state index is 12.1. The van der Waals surface area contributed by atoms with Crippen LogP contribution < -0.4 is 10.5 Å². The molecule has 0 radical (unpaired) electrons. The highest BCUT2D eigenvalue weighted by Crippen LogP contribution is 2.56. The number of nitrogens with one attached hydrogen (secondary N) is 1. The lowest BCUT2D eigenvalue weighted by molar-refractivity contribution is 0.158. The Kier molecular flexibility index (Phi) is 4.13. The van der Waals surface area contributed by atoms with Gasteiger partial charge in [-0.25, -0.2) is 4.21 Å². The fraction of sp³-hybridized carbons (Fsp3) is 0.700. The van der Waals surface area contributed by atoms with Crippen LogP contribution in [0.1, 0.15) is 74.5 Å². The molecule has 4 heteroatoms. The summed E-state index contributed by atoms with van der Waals surface area (Å²) in [6.07, 6.45) is 7.24. The van der Waals surface area contributed by atoms with E-state index in [1.807, 2.05) is 0 Å². The van der Waals surface area contributed by atoms with Crippen LogP contribution in [0.15, 0.2) is 18.2 Å². The number of rotatable bonds is 4. The molecule has 1 heterocycles. The molecule has 0 aromatic heterocycles. The molecule has 1 aromatic rings. The van der Waals surface area contributed by atoms with Gasteiger partial charge in [0.2, 0.25) is 0 Å². The maximum atomic E-state index is 12.1. The molecule has 2 fully saturated rings. The quantitative estimate of drug-likeness (QED) is 0.878. The second-order valence-corrected chi connectivity index (χ2v) is 10.5. The first-order valence-corrected chi connectivity index (χ1v) is 10.6. The molecule has 1 aliphatic heterocycles. The van der Waals surface area contributed by atoms with Crippen molar-refractivity contribution in [3.8, 4) is 0 Å². The van der Waals surface area contributed by atoms with Crippen molar-refractivity contribution in [1.82, 2.24) is 5.32 Å². The van der Waals surface area contributed by atoms with E-state index in [-0.39, 0.29) is 4.75 Å². The Morgan fingerprint density at radius 2 is 2.00 bits per heavy atom. The zero-order valence-corrected chi connectivity index (χ0v) is 15.8. The van der Waals surface area contributed by atoms with E-state index in [0.29, 0.717) is 11.3 Å². The summed E-state index contributed by atoms with van der Waals surface area (Å²) in [5, 5.41) is 9.36. The molecule has 132 valence electrons. The predicted molar refractivity (Wildman–Crippen MR) is 100 cm³/mol. The van der Waals surface area contributed by atoms with Gasteiger partial charge in [-0.05, 0) is 99.4 Å². The highest BCUT2D eigenvalue weighted by atomic mass is 32.2. The Balaban J connectivity index is 1.73. The van der Waals surface area contributed by atoms with Gasteiger partial charge in [-0.3, -0.25) is 5.14 Å². The Labute approximate surface area is 148 Å². The third-order valence-electron chi connectivity index (χ3n) is 6.72. The second-order valence-electron chi connectivity index (χ2n) is 8.84. The minimum atomic E-state index is -1.29. The highest BCUT2D eigenvalue weighted by molar-refractivity contribution is 7.84. The van der Waals surface area contributed by atoms with Gasteiger partial charge in [0.1, 0.15) is 0 Å². The van der Waals surface area contributed by atoms with Crippen LogP contribution in [0.3, 0.4) is 0 Å². The topological polar surface area (TPSA) is 55.1 Å². The molecular formula is C20H30N2OS. The number of hydrogen-bond donors (Lipinski definition) is 2. The van der Waals surface area contributed by atoms with Crippen molar-refractivity contribution in [1.29, 1.82) is 0 Å². The summed E-state index contributed by atoms with van der Waals surface area (Å²) in [6.45, 7) is 6.35. The van der Waals surface area contributed by atoms with Crippen molar-refractivity contribution in [2.75, 3.05) is 13.1 Å². The van der Waals surface area contributed by atoms with Crippen LogP contribution in [0, 0.1) is 5.41 Å².